The van der Waals surface area contributed by atoms with Gasteiger partial charge in [-0.05, 0) is 37.3 Å². The third kappa shape index (κ3) is 4.74. The van der Waals surface area contributed by atoms with Crippen LogP contribution in [0.1, 0.15) is 33.1 Å². The molecular formula is C17H26N2O2. The van der Waals surface area contributed by atoms with E-state index in [9.17, 15) is 9.90 Å². The number of anilines is 1. The number of para-hydroxylation sites is 1. The number of carbonyl (C=O) groups is 1. The van der Waals surface area contributed by atoms with E-state index in [2.05, 4.69) is 48.3 Å². The van der Waals surface area contributed by atoms with Crippen LogP contribution in [-0.4, -0.2) is 36.2 Å². The van der Waals surface area contributed by atoms with Crippen LogP contribution in [-0.2, 0) is 4.79 Å². The molecule has 1 aliphatic rings. The van der Waals surface area contributed by atoms with Crippen molar-refractivity contribution in [2.75, 3.05) is 18.0 Å². The van der Waals surface area contributed by atoms with Gasteiger partial charge in [0.2, 0.25) is 0 Å². The Labute approximate surface area is 127 Å². The number of nitrogens with zero attached hydrogens (tertiary/aromatic N) is 1. The molecule has 2 N–H and O–H groups in total. The fourth-order valence-electron chi connectivity index (χ4n) is 2.94. The molecule has 0 saturated carbocycles. The second-order valence-electron chi connectivity index (χ2n) is 6.28. The van der Waals surface area contributed by atoms with E-state index < -0.39 is 12.0 Å². The summed E-state index contributed by atoms with van der Waals surface area (Å²) in [5.74, 6) is -0.336. The van der Waals surface area contributed by atoms with Gasteiger partial charge in [0.05, 0.1) is 0 Å². The Balaban J connectivity index is 1.84. The monoisotopic (exact) mass is 290 g/mol. The topological polar surface area (TPSA) is 52.6 Å². The van der Waals surface area contributed by atoms with Gasteiger partial charge in [-0.3, -0.25) is 4.79 Å². The number of hydrogen-bond acceptors (Lipinski definition) is 3. The lowest BCUT2D eigenvalue weighted by Crippen LogP contribution is -2.49. The third-order valence-electron chi connectivity index (χ3n) is 4.06. The first kappa shape index (κ1) is 15.8. The molecule has 4 nitrogen and oxygen atoms in total. The van der Waals surface area contributed by atoms with Gasteiger partial charge in [-0.15, -0.1) is 0 Å². The highest BCUT2D eigenvalue weighted by molar-refractivity contribution is 5.73. The summed E-state index contributed by atoms with van der Waals surface area (Å²) in [7, 11) is 0. The maximum absolute atomic E-state index is 11.3. The van der Waals surface area contributed by atoms with E-state index in [4.69, 9.17) is 0 Å². The SMILES string of the molecule is CC(C)C[C@H](NC1CCN(c2ccccc2)CC1)C(=O)O. The smallest absolute Gasteiger partial charge is 0.320 e. The van der Waals surface area contributed by atoms with Crippen molar-refractivity contribution in [2.24, 2.45) is 5.92 Å². The summed E-state index contributed by atoms with van der Waals surface area (Å²) in [6.45, 7) is 6.09. The molecule has 1 aliphatic heterocycles. The molecule has 0 spiro atoms. The lowest BCUT2D eigenvalue weighted by Gasteiger charge is -2.35. The Kier molecular flexibility index (Phi) is 5.62. The number of benzene rings is 1. The van der Waals surface area contributed by atoms with Crippen molar-refractivity contribution in [1.29, 1.82) is 0 Å². The van der Waals surface area contributed by atoms with E-state index >= 15 is 0 Å². The predicted octanol–water partition coefficient (Wildman–Crippen LogP) is 2.74. The van der Waals surface area contributed by atoms with E-state index in [1.807, 2.05) is 6.07 Å². The Morgan fingerprint density at radius 2 is 1.90 bits per heavy atom. The number of aliphatic carboxylic acids is 1. The average Bonchev–Trinajstić information content (AvgIpc) is 2.48. The van der Waals surface area contributed by atoms with Crippen molar-refractivity contribution >= 4 is 11.7 Å². The molecule has 1 fully saturated rings. The molecule has 1 aromatic carbocycles. The van der Waals surface area contributed by atoms with Crippen molar-refractivity contribution < 1.29 is 9.90 Å². The Bertz CT molecular complexity index is 439. The molecule has 1 saturated heterocycles. The summed E-state index contributed by atoms with van der Waals surface area (Å²) in [5, 5.41) is 12.6. The number of hydrogen-bond donors (Lipinski definition) is 2. The summed E-state index contributed by atoms with van der Waals surface area (Å²) in [5.41, 5.74) is 1.26. The van der Waals surface area contributed by atoms with E-state index in [0.717, 1.165) is 25.9 Å². The summed E-state index contributed by atoms with van der Waals surface area (Å²) in [6, 6.07) is 10.3. The summed E-state index contributed by atoms with van der Waals surface area (Å²) in [6.07, 6.45) is 2.68. The van der Waals surface area contributed by atoms with Gasteiger partial charge in [0.1, 0.15) is 6.04 Å². The average molecular weight is 290 g/mol. The molecule has 0 unspecified atom stereocenters. The molecular weight excluding hydrogens is 264 g/mol. The van der Waals surface area contributed by atoms with Crippen LogP contribution in [0.5, 0.6) is 0 Å². The van der Waals surface area contributed by atoms with E-state index in [0.29, 0.717) is 18.4 Å². The van der Waals surface area contributed by atoms with Gasteiger partial charge in [0.15, 0.2) is 0 Å². The first-order valence-corrected chi connectivity index (χ1v) is 7.85. The second kappa shape index (κ2) is 7.46. The van der Waals surface area contributed by atoms with E-state index in [-0.39, 0.29) is 0 Å². The minimum absolute atomic E-state index is 0.310. The molecule has 21 heavy (non-hydrogen) atoms. The molecule has 4 heteroatoms. The fraction of sp³-hybridized carbons (Fsp3) is 0.588. The molecule has 0 bridgehead atoms. The van der Waals surface area contributed by atoms with Gasteiger partial charge in [-0.25, -0.2) is 0 Å². The minimum atomic E-state index is -0.728. The number of rotatable bonds is 6. The van der Waals surface area contributed by atoms with Crippen LogP contribution >= 0.6 is 0 Å². The molecule has 1 atom stereocenters. The Morgan fingerprint density at radius 1 is 1.29 bits per heavy atom. The largest absolute Gasteiger partial charge is 0.480 e. The number of nitrogens with one attached hydrogen (secondary N) is 1. The Morgan fingerprint density at radius 3 is 2.43 bits per heavy atom. The van der Waals surface area contributed by atoms with Crippen LogP contribution < -0.4 is 10.2 Å². The molecule has 1 aromatic rings. The molecule has 0 aromatic heterocycles. The third-order valence-corrected chi connectivity index (χ3v) is 4.06. The van der Waals surface area contributed by atoms with Crippen LogP contribution in [0.15, 0.2) is 30.3 Å². The van der Waals surface area contributed by atoms with Gasteiger partial charge in [-0.2, -0.15) is 0 Å². The second-order valence-corrected chi connectivity index (χ2v) is 6.28. The van der Waals surface area contributed by atoms with Crippen molar-refractivity contribution in [2.45, 2.75) is 45.2 Å². The van der Waals surface area contributed by atoms with Gasteiger partial charge >= 0.3 is 5.97 Å². The maximum Gasteiger partial charge on any atom is 0.320 e. The minimum Gasteiger partial charge on any atom is -0.480 e. The standard InChI is InChI=1S/C17H26N2O2/c1-13(2)12-16(17(20)21)18-14-8-10-19(11-9-14)15-6-4-3-5-7-15/h3-7,13-14,16,18H,8-12H2,1-2H3,(H,20,21)/t16-/m0/s1. The van der Waals surface area contributed by atoms with E-state index in [1.54, 1.807) is 0 Å². The highest BCUT2D eigenvalue weighted by Crippen LogP contribution is 2.20. The predicted molar refractivity (Wildman–Crippen MR) is 85.7 cm³/mol. The molecule has 0 aliphatic carbocycles. The zero-order valence-electron chi connectivity index (χ0n) is 13.0. The molecule has 0 radical (unpaired) electrons. The zero-order chi connectivity index (χ0) is 15.2. The van der Waals surface area contributed by atoms with Crippen LogP contribution in [0.4, 0.5) is 5.69 Å². The summed E-state index contributed by atoms with van der Waals surface area (Å²) < 4.78 is 0. The van der Waals surface area contributed by atoms with Crippen molar-refractivity contribution in [3.05, 3.63) is 30.3 Å². The number of carboxylic acids is 1. The summed E-state index contributed by atoms with van der Waals surface area (Å²) >= 11 is 0. The lowest BCUT2D eigenvalue weighted by atomic mass is 9.99. The van der Waals surface area contributed by atoms with Crippen molar-refractivity contribution in [3.8, 4) is 0 Å². The first-order valence-electron chi connectivity index (χ1n) is 7.85. The van der Waals surface area contributed by atoms with Crippen molar-refractivity contribution in [3.63, 3.8) is 0 Å². The summed E-state index contributed by atoms with van der Waals surface area (Å²) in [4.78, 5) is 13.7. The fourth-order valence-corrected chi connectivity index (χ4v) is 2.94. The van der Waals surface area contributed by atoms with Crippen molar-refractivity contribution in [1.82, 2.24) is 5.32 Å². The zero-order valence-corrected chi connectivity index (χ0v) is 13.0. The van der Waals surface area contributed by atoms with Crippen LogP contribution in [0, 0.1) is 5.92 Å². The Hall–Kier alpha value is -1.55. The van der Waals surface area contributed by atoms with Gasteiger partial charge < -0.3 is 15.3 Å². The van der Waals surface area contributed by atoms with Crippen LogP contribution in [0.25, 0.3) is 0 Å². The molecule has 0 amide bonds. The van der Waals surface area contributed by atoms with Crippen LogP contribution in [0.2, 0.25) is 0 Å². The van der Waals surface area contributed by atoms with Crippen LogP contribution in [0.3, 0.4) is 0 Å². The lowest BCUT2D eigenvalue weighted by molar-refractivity contribution is -0.140. The van der Waals surface area contributed by atoms with E-state index in [1.165, 1.54) is 5.69 Å². The molecule has 2 rings (SSSR count). The normalized spacial score (nSPS) is 18.0. The highest BCUT2D eigenvalue weighted by Gasteiger charge is 2.25. The number of carboxylic acid groups (broad SMARTS) is 1. The molecule has 116 valence electrons. The maximum atomic E-state index is 11.3. The number of piperidine rings is 1. The molecule has 1 heterocycles. The van der Waals surface area contributed by atoms with Gasteiger partial charge in [-0.1, -0.05) is 32.0 Å². The quantitative estimate of drug-likeness (QED) is 0.846. The first-order chi connectivity index (χ1) is 10.1. The van der Waals surface area contributed by atoms with Gasteiger partial charge in [0, 0.05) is 24.8 Å². The highest BCUT2D eigenvalue weighted by atomic mass is 16.4. The van der Waals surface area contributed by atoms with Gasteiger partial charge in [0.25, 0.3) is 0 Å².